The molecule has 1 N–H and O–H groups in total. The van der Waals surface area contributed by atoms with Crippen LogP contribution in [0.4, 0.5) is 5.69 Å². The highest BCUT2D eigenvalue weighted by molar-refractivity contribution is 5.80. The molecular formula is C22H36N4O. The van der Waals surface area contributed by atoms with Crippen LogP contribution in [0.3, 0.4) is 0 Å². The van der Waals surface area contributed by atoms with Gasteiger partial charge in [-0.05, 0) is 30.4 Å². The minimum absolute atomic E-state index is 0.178. The molecule has 0 aliphatic carbocycles. The molecule has 2 heterocycles. The molecular weight excluding hydrogens is 336 g/mol. The smallest absolute Gasteiger partial charge is 0.193 e. The third kappa shape index (κ3) is 5.16. The van der Waals surface area contributed by atoms with E-state index in [-0.39, 0.29) is 5.41 Å². The first-order valence-electron chi connectivity index (χ1n) is 10.4. The van der Waals surface area contributed by atoms with Gasteiger partial charge in [-0.3, -0.25) is 4.99 Å². The first-order valence-corrected chi connectivity index (χ1v) is 10.4. The lowest BCUT2D eigenvalue weighted by Crippen LogP contribution is -2.54. The van der Waals surface area contributed by atoms with Crippen molar-refractivity contribution in [3.63, 3.8) is 0 Å². The van der Waals surface area contributed by atoms with E-state index < -0.39 is 0 Å². The van der Waals surface area contributed by atoms with Gasteiger partial charge in [-0.2, -0.15) is 0 Å². The van der Waals surface area contributed by atoms with Crippen molar-refractivity contribution >= 4 is 11.6 Å². The Bertz CT molecular complexity index is 602. The number of nitrogens with one attached hydrogen (secondary N) is 1. The van der Waals surface area contributed by atoms with Crippen LogP contribution in [0, 0.1) is 11.3 Å². The number of ether oxygens (including phenoxy) is 1. The van der Waals surface area contributed by atoms with Gasteiger partial charge in [0.1, 0.15) is 0 Å². The molecule has 0 amide bonds. The van der Waals surface area contributed by atoms with Crippen LogP contribution in [-0.4, -0.2) is 63.3 Å². The molecule has 3 rings (SSSR count). The lowest BCUT2D eigenvalue weighted by atomic mass is 9.78. The Morgan fingerprint density at radius 3 is 2.48 bits per heavy atom. The van der Waals surface area contributed by atoms with Crippen LogP contribution in [0.2, 0.25) is 0 Å². The largest absolute Gasteiger partial charge is 0.377 e. The van der Waals surface area contributed by atoms with Crippen molar-refractivity contribution in [3.05, 3.63) is 30.3 Å². The second kappa shape index (κ2) is 8.96. The van der Waals surface area contributed by atoms with E-state index in [1.54, 1.807) is 0 Å². The fourth-order valence-electron chi connectivity index (χ4n) is 4.38. The van der Waals surface area contributed by atoms with E-state index in [1.165, 1.54) is 12.1 Å². The molecule has 2 atom stereocenters. The van der Waals surface area contributed by atoms with Crippen LogP contribution in [-0.2, 0) is 4.74 Å². The predicted octanol–water partition coefficient (Wildman–Crippen LogP) is 3.23. The Morgan fingerprint density at radius 2 is 1.85 bits per heavy atom. The molecule has 0 spiro atoms. The predicted molar refractivity (Wildman–Crippen MR) is 114 cm³/mol. The van der Waals surface area contributed by atoms with Gasteiger partial charge >= 0.3 is 0 Å². The topological polar surface area (TPSA) is 40.1 Å². The van der Waals surface area contributed by atoms with Crippen molar-refractivity contribution in [1.82, 2.24) is 10.2 Å². The second-order valence-electron chi connectivity index (χ2n) is 8.80. The molecule has 5 nitrogen and oxygen atoms in total. The number of para-hydroxylation sites is 1. The van der Waals surface area contributed by atoms with Crippen molar-refractivity contribution in [2.24, 2.45) is 16.3 Å². The molecule has 150 valence electrons. The zero-order chi connectivity index (χ0) is 19.3. The number of nitrogens with zero attached hydrogens (tertiary/aromatic N) is 3. The summed E-state index contributed by atoms with van der Waals surface area (Å²) >= 11 is 0. The van der Waals surface area contributed by atoms with Gasteiger partial charge < -0.3 is 19.9 Å². The summed E-state index contributed by atoms with van der Waals surface area (Å²) in [5, 5.41) is 3.64. The van der Waals surface area contributed by atoms with Gasteiger partial charge in [0.15, 0.2) is 5.96 Å². The van der Waals surface area contributed by atoms with Crippen LogP contribution in [0.1, 0.15) is 33.6 Å². The molecule has 1 aromatic rings. The van der Waals surface area contributed by atoms with Gasteiger partial charge in [-0.25, -0.2) is 0 Å². The number of piperazine rings is 1. The number of benzene rings is 1. The molecule has 0 bridgehead atoms. The number of guanidine groups is 1. The summed E-state index contributed by atoms with van der Waals surface area (Å²) in [7, 11) is 1.89. The van der Waals surface area contributed by atoms with Crippen LogP contribution in [0.15, 0.2) is 35.3 Å². The van der Waals surface area contributed by atoms with Crippen molar-refractivity contribution in [1.29, 1.82) is 0 Å². The molecule has 2 unspecified atom stereocenters. The van der Waals surface area contributed by atoms with Crippen molar-refractivity contribution < 1.29 is 4.74 Å². The monoisotopic (exact) mass is 372 g/mol. The highest BCUT2D eigenvalue weighted by Crippen LogP contribution is 2.33. The van der Waals surface area contributed by atoms with Crippen molar-refractivity contribution in [2.75, 3.05) is 51.3 Å². The van der Waals surface area contributed by atoms with Gasteiger partial charge in [0.25, 0.3) is 0 Å². The average Bonchev–Trinajstić information content (AvgIpc) is 2.69. The molecule has 2 fully saturated rings. The fraction of sp³-hybridized carbons (Fsp3) is 0.682. The fourth-order valence-corrected chi connectivity index (χ4v) is 4.38. The normalized spacial score (nSPS) is 24.8. The first-order chi connectivity index (χ1) is 13.0. The lowest BCUT2D eigenvalue weighted by Gasteiger charge is -2.41. The Morgan fingerprint density at radius 1 is 1.15 bits per heavy atom. The maximum atomic E-state index is 6.13. The third-order valence-corrected chi connectivity index (χ3v) is 5.73. The van der Waals surface area contributed by atoms with Crippen LogP contribution >= 0.6 is 0 Å². The summed E-state index contributed by atoms with van der Waals surface area (Å²) in [4.78, 5) is 9.39. The van der Waals surface area contributed by atoms with E-state index in [2.05, 4.69) is 71.2 Å². The zero-order valence-corrected chi connectivity index (χ0v) is 17.4. The number of hydrogen-bond donors (Lipinski definition) is 1. The summed E-state index contributed by atoms with van der Waals surface area (Å²) in [6.45, 7) is 12.7. The summed E-state index contributed by atoms with van der Waals surface area (Å²) in [6.07, 6.45) is 2.70. The Balaban J connectivity index is 1.52. The van der Waals surface area contributed by atoms with Crippen LogP contribution in [0.25, 0.3) is 0 Å². The van der Waals surface area contributed by atoms with E-state index in [9.17, 15) is 0 Å². The van der Waals surface area contributed by atoms with Gasteiger partial charge in [0.2, 0.25) is 0 Å². The van der Waals surface area contributed by atoms with Gasteiger partial charge in [0, 0.05) is 58.0 Å². The van der Waals surface area contributed by atoms with E-state index >= 15 is 0 Å². The molecule has 5 heteroatoms. The summed E-state index contributed by atoms with van der Waals surface area (Å²) < 4.78 is 6.13. The minimum Gasteiger partial charge on any atom is -0.377 e. The molecule has 2 aliphatic heterocycles. The third-order valence-electron chi connectivity index (χ3n) is 5.73. The lowest BCUT2D eigenvalue weighted by molar-refractivity contribution is -0.0836. The maximum Gasteiger partial charge on any atom is 0.193 e. The molecule has 2 saturated heterocycles. The van der Waals surface area contributed by atoms with Crippen LogP contribution in [0.5, 0.6) is 0 Å². The standard InChI is InChI=1S/C22H36N4O/c1-22(2,3)20-18(9-8-16-27-20)17-24-21(23-4)26-14-12-25(13-15-26)19-10-6-5-7-11-19/h5-7,10-11,18,20H,8-9,12-17H2,1-4H3,(H,23,24). The molecule has 0 saturated carbocycles. The van der Waals surface area contributed by atoms with Crippen LogP contribution < -0.4 is 10.2 Å². The number of aliphatic imine (C=N–C) groups is 1. The first kappa shape index (κ1) is 20.0. The number of anilines is 1. The minimum atomic E-state index is 0.178. The van der Waals surface area contributed by atoms with E-state index in [1.807, 2.05) is 7.05 Å². The van der Waals surface area contributed by atoms with Gasteiger partial charge in [0.05, 0.1) is 6.10 Å². The maximum absolute atomic E-state index is 6.13. The number of hydrogen-bond acceptors (Lipinski definition) is 3. The highest BCUT2D eigenvalue weighted by atomic mass is 16.5. The summed E-state index contributed by atoms with van der Waals surface area (Å²) in [5.74, 6) is 1.57. The Labute approximate surface area is 164 Å². The van der Waals surface area contributed by atoms with Gasteiger partial charge in [-0.1, -0.05) is 39.0 Å². The van der Waals surface area contributed by atoms with E-state index in [0.29, 0.717) is 12.0 Å². The summed E-state index contributed by atoms with van der Waals surface area (Å²) in [6, 6.07) is 10.7. The van der Waals surface area contributed by atoms with Gasteiger partial charge in [-0.15, -0.1) is 0 Å². The second-order valence-corrected chi connectivity index (χ2v) is 8.80. The molecule has 1 aromatic carbocycles. The highest BCUT2D eigenvalue weighted by Gasteiger charge is 2.35. The quantitative estimate of drug-likeness (QED) is 0.653. The molecule has 0 aromatic heterocycles. The molecule has 0 radical (unpaired) electrons. The van der Waals surface area contributed by atoms with Crippen molar-refractivity contribution in [3.8, 4) is 0 Å². The van der Waals surface area contributed by atoms with E-state index in [0.717, 1.165) is 51.7 Å². The summed E-state index contributed by atoms with van der Waals surface area (Å²) in [5.41, 5.74) is 1.49. The SMILES string of the molecule is CN=C(NCC1CCCOC1C(C)(C)C)N1CCN(c2ccccc2)CC1. The molecule has 27 heavy (non-hydrogen) atoms. The number of rotatable bonds is 3. The zero-order valence-electron chi connectivity index (χ0n) is 17.4. The van der Waals surface area contributed by atoms with Crippen molar-refractivity contribution in [2.45, 2.75) is 39.7 Å². The Kier molecular flexibility index (Phi) is 6.64. The average molecular weight is 373 g/mol. The molecule has 2 aliphatic rings. The Hall–Kier alpha value is -1.75. The van der Waals surface area contributed by atoms with E-state index in [4.69, 9.17) is 4.74 Å².